The van der Waals surface area contributed by atoms with E-state index in [1.165, 1.54) is 25.3 Å². The molecule has 164 valence electrons. The Hall–Kier alpha value is -2.01. The van der Waals surface area contributed by atoms with Crippen molar-refractivity contribution in [1.29, 1.82) is 0 Å². The van der Waals surface area contributed by atoms with Crippen LogP contribution in [0.3, 0.4) is 0 Å². The minimum atomic E-state index is -4.74. The molecule has 1 saturated heterocycles. The van der Waals surface area contributed by atoms with Crippen molar-refractivity contribution >= 4 is 27.3 Å². The first-order chi connectivity index (χ1) is 14.0. The van der Waals surface area contributed by atoms with Crippen LogP contribution in [0.4, 0.5) is 18.9 Å². The molecule has 0 radical (unpaired) electrons. The molecular weight excluding hydrogens is 443 g/mol. The molecule has 0 spiro atoms. The number of nitrogen functional groups attached to an aromatic ring is 1. The summed E-state index contributed by atoms with van der Waals surface area (Å²) >= 11 is 6.09. The molecule has 2 aromatic rings. The van der Waals surface area contributed by atoms with Crippen LogP contribution in [0, 0.1) is 0 Å². The molecular formula is C19H21ClF3N3O3S. The Morgan fingerprint density at radius 1 is 1.20 bits per heavy atom. The van der Waals surface area contributed by atoms with Crippen molar-refractivity contribution in [1.82, 2.24) is 10.0 Å². The lowest BCUT2D eigenvalue weighted by molar-refractivity contribution is -0.137. The number of rotatable bonds is 5. The number of hydrogen-bond acceptors (Lipinski definition) is 5. The predicted octanol–water partition coefficient (Wildman–Crippen LogP) is 3.65. The van der Waals surface area contributed by atoms with E-state index in [0.29, 0.717) is 25.9 Å². The predicted molar refractivity (Wildman–Crippen MR) is 109 cm³/mol. The van der Waals surface area contributed by atoms with Crippen molar-refractivity contribution in [2.75, 3.05) is 25.9 Å². The van der Waals surface area contributed by atoms with Gasteiger partial charge >= 0.3 is 6.18 Å². The fourth-order valence-corrected chi connectivity index (χ4v) is 5.25. The Bertz CT molecular complexity index is 1040. The van der Waals surface area contributed by atoms with E-state index >= 15 is 0 Å². The summed E-state index contributed by atoms with van der Waals surface area (Å²) in [5.41, 5.74) is 3.98. The van der Waals surface area contributed by atoms with Crippen molar-refractivity contribution < 1.29 is 26.3 Å². The average Bonchev–Trinajstić information content (AvgIpc) is 2.67. The molecule has 4 N–H and O–H groups in total. The first-order valence-corrected chi connectivity index (χ1v) is 11.0. The Labute approximate surface area is 177 Å². The highest BCUT2D eigenvalue weighted by atomic mass is 35.5. The van der Waals surface area contributed by atoms with Crippen molar-refractivity contribution in [3.63, 3.8) is 0 Å². The van der Waals surface area contributed by atoms with Gasteiger partial charge in [0.2, 0.25) is 10.0 Å². The molecule has 2 aromatic carbocycles. The van der Waals surface area contributed by atoms with Crippen LogP contribution in [0.1, 0.15) is 18.4 Å². The normalized spacial score (nSPS) is 15.9. The minimum absolute atomic E-state index is 0.0142. The number of anilines is 1. The summed E-state index contributed by atoms with van der Waals surface area (Å²) in [5, 5.41) is 2.90. The molecule has 1 heterocycles. The van der Waals surface area contributed by atoms with Gasteiger partial charge in [-0.1, -0.05) is 17.7 Å². The van der Waals surface area contributed by atoms with Gasteiger partial charge in [-0.2, -0.15) is 13.2 Å². The molecule has 0 amide bonds. The van der Waals surface area contributed by atoms with E-state index in [4.69, 9.17) is 22.1 Å². The number of nitrogens with two attached hydrogens (primary N) is 1. The van der Waals surface area contributed by atoms with Crippen molar-refractivity contribution in [2.45, 2.75) is 30.0 Å². The van der Waals surface area contributed by atoms with E-state index in [1.54, 1.807) is 0 Å². The van der Waals surface area contributed by atoms with E-state index in [2.05, 4.69) is 10.0 Å². The third-order valence-corrected chi connectivity index (χ3v) is 6.66. The first-order valence-electron chi connectivity index (χ1n) is 9.10. The molecule has 0 bridgehead atoms. The van der Waals surface area contributed by atoms with Crippen LogP contribution in [0.2, 0.25) is 5.02 Å². The van der Waals surface area contributed by atoms with E-state index in [0.717, 1.165) is 12.1 Å². The summed E-state index contributed by atoms with van der Waals surface area (Å²) in [6.07, 6.45) is -3.53. The quantitative estimate of drug-likeness (QED) is 0.588. The second-order valence-corrected chi connectivity index (χ2v) is 9.02. The summed E-state index contributed by atoms with van der Waals surface area (Å²) < 4.78 is 74.6. The van der Waals surface area contributed by atoms with Gasteiger partial charge in [0, 0.05) is 17.3 Å². The number of methoxy groups -OCH3 is 1. The number of sulfonamides is 1. The Morgan fingerprint density at radius 3 is 2.47 bits per heavy atom. The van der Waals surface area contributed by atoms with Gasteiger partial charge in [0.25, 0.3) is 0 Å². The largest absolute Gasteiger partial charge is 0.495 e. The standard InChI is InChI=1S/C19H21ClF3N3O3S/c1-29-16-3-2-11(18-14(19(21,22)23)9-12(24)10-15(18)20)8-17(16)30(27,28)26-13-4-6-25-7-5-13/h2-3,8-10,13,25-26H,4-7,24H2,1H3. The smallest absolute Gasteiger partial charge is 0.417 e. The molecule has 0 atom stereocenters. The number of nitrogens with one attached hydrogen (secondary N) is 2. The molecule has 0 aromatic heterocycles. The van der Waals surface area contributed by atoms with Crippen LogP contribution >= 0.6 is 11.6 Å². The summed E-state index contributed by atoms with van der Waals surface area (Å²) in [6, 6.07) is 5.45. The number of hydrogen-bond donors (Lipinski definition) is 3. The number of piperidine rings is 1. The highest BCUT2D eigenvalue weighted by Gasteiger charge is 2.36. The topological polar surface area (TPSA) is 93.5 Å². The van der Waals surface area contributed by atoms with Gasteiger partial charge in [-0.3, -0.25) is 0 Å². The lowest BCUT2D eigenvalue weighted by Gasteiger charge is -2.24. The zero-order chi connectivity index (χ0) is 22.1. The van der Waals surface area contributed by atoms with Gasteiger partial charge in [-0.05, 0) is 55.8 Å². The molecule has 1 fully saturated rings. The van der Waals surface area contributed by atoms with E-state index < -0.39 is 21.8 Å². The third kappa shape index (κ3) is 4.83. The van der Waals surface area contributed by atoms with Crippen molar-refractivity contribution in [2.24, 2.45) is 0 Å². The van der Waals surface area contributed by atoms with Crippen LogP contribution in [0.5, 0.6) is 5.75 Å². The van der Waals surface area contributed by atoms with E-state index in [1.807, 2.05) is 0 Å². The molecule has 30 heavy (non-hydrogen) atoms. The summed E-state index contributed by atoms with van der Waals surface area (Å²) in [4.78, 5) is -0.262. The maximum atomic E-state index is 13.6. The lowest BCUT2D eigenvalue weighted by atomic mass is 9.98. The first kappa shape index (κ1) is 22.7. The number of ether oxygens (including phenoxy) is 1. The van der Waals surface area contributed by atoms with Crippen LogP contribution in [0.15, 0.2) is 35.2 Å². The number of halogens is 4. The van der Waals surface area contributed by atoms with E-state index in [9.17, 15) is 21.6 Å². The average molecular weight is 464 g/mol. The number of benzene rings is 2. The maximum Gasteiger partial charge on any atom is 0.417 e. The van der Waals surface area contributed by atoms with Crippen molar-refractivity contribution in [3.8, 4) is 16.9 Å². The Morgan fingerprint density at radius 2 is 1.87 bits per heavy atom. The fraction of sp³-hybridized carbons (Fsp3) is 0.368. The molecule has 0 aliphatic carbocycles. The zero-order valence-corrected chi connectivity index (χ0v) is 17.6. The van der Waals surface area contributed by atoms with Gasteiger partial charge in [0.15, 0.2) is 0 Å². The second-order valence-electron chi connectivity index (χ2n) is 6.93. The van der Waals surface area contributed by atoms with Gasteiger partial charge in [0.1, 0.15) is 10.6 Å². The highest BCUT2D eigenvalue weighted by Crippen LogP contribution is 2.43. The second kappa shape index (κ2) is 8.62. The van der Waals surface area contributed by atoms with Crippen molar-refractivity contribution in [3.05, 3.63) is 40.9 Å². The SMILES string of the molecule is COc1ccc(-c2c(Cl)cc(N)cc2C(F)(F)F)cc1S(=O)(=O)NC1CCNCC1. The monoisotopic (exact) mass is 463 g/mol. The van der Waals surface area contributed by atoms with Crippen LogP contribution in [-0.4, -0.2) is 34.7 Å². The fourth-order valence-electron chi connectivity index (χ4n) is 3.41. The van der Waals surface area contributed by atoms with E-state index in [-0.39, 0.29) is 38.5 Å². The number of alkyl halides is 3. The molecule has 6 nitrogen and oxygen atoms in total. The van der Waals surface area contributed by atoms with Gasteiger partial charge in [-0.25, -0.2) is 13.1 Å². The summed E-state index contributed by atoms with van der Waals surface area (Å²) in [7, 11) is -2.77. The molecule has 11 heteroatoms. The molecule has 1 aliphatic rings. The maximum absolute atomic E-state index is 13.6. The third-order valence-electron chi connectivity index (χ3n) is 4.82. The lowest BCUT2D eigenvalue weighted by Crippen LogP contribution is -2.42. The highest BCUT2D eigenvalue weighted by molar-refractivity contribution is 7.89. The van der Waals surface area contributed by atoms with Crippen LogP contribution in [-0.2, 0) is 16.2 Å². The van der Waals surface area contributed by atoms with Crippen LogP contribution in [0.25, 0.3) is 11.1 Å². The summed E-state index contributed by atoms with van der Waals surface area (Å²) in [5.74, 6) is 0.0142. The molecule has 0 saturated carbocycles. The molecule has 1 aliphatic heterocycles. The van der Waals surface area contributed by atoms with Crippen LogP contribution < -0.4 is 20.5 Å². The van der Waals surface area contributed by atoms with Gasteiger partial charge < -0.3 is 15.8 Å². The van der Waals surface area contributed by atoms with Gasteiger partial charge in [0.05, 0.1) is 17.7 Å². The molecule has 3 rings (SSSR count). The Kier molecular flexibility index (Phi) is 6.51. The zero-order valence-electron chi connectivity index (χ0n) is 16.0. The van der Waals surface area contributed by atoms with Gasteiger partial charge in [-0.15, -0.1) is 0 Å². The minimum Gasteiger partial charge on any atom is -0.495 e. The Balaban J connectivity index is 2.12. The molecule has 0 unspecified atom stereocenters. The summed E-state index contributed by atoms with van der Waals surface area (Å²) in [6.45, 7) is 1.33.